The third kappa shape index (κ3) is 2.30. The van der Waals surface area contributed by atoms with Gasteiger partial charge in [0, 0.05) is 13.3 Å². The van der Waals surface area contributed by atoms with Gasteiger partial charge < -0.3 is 9.84 Å². The van der Waals surface area contributed by atoms with Gasteiger partial charge in [0.15, 0.2) is 0 Å². The molecule has 3 nitrogen and oxygen atoms in total. The van der Waals surface area contributed by atoms with Crippen molar-refractivity contribution in [1.29, 1.82) is 0 Å². The van der Waals surface area contributed by atoms with Crippen LogP contribution in [0.5, 0.6) is 0 Å². The summed E-state index contributed by atoms with van der Waals surface area (Å²) in [7, 11) is 0. The number of allylic oxidation sites excluding steroid dienone is 1. The quantitative estimate of drug-likeness (QED) is 0.577. The molecule has 0 bridgehead atoms. The molecule has 7 atom stereocenters. The molecule has 3 fully saturated rings. The zero-order valence-corrected chi connectivity index (χ0v) is 15.4. The summed E-state index contributed by atoms with van der Waals surface area (Å²) >= 11 is 0. The molecule has 0 radical (unpaired) electrons. The van der Waals surface area contributed by atoms with Crippen LogP contribution in [0.4, 0.5) is 0 Å². The molecule has 0 saturated heterocycles. The molecule has 0 aromatic carbocycles. The lowest BCUT2D eigenvalue weighted by Crippen LogP contribution is -2.51. The van der Waals surface area contributed by atoms with Crippen LogP contribution in [0.1, 0.15) is 72.1 Å². The summed E-state index contributed by atoms with van der Waals surface area (Å²) in [6.07, 6.45) is 11.3. The molecule has 0 aliphatic heterocycles. The number of aliphatic hydroxyl groups is 1. The van der Waals surface area contributed by atoms with Gasteiger partial charge in [0.25, 0.3) is 0 Å². The van der Waals surface area contributed by atoms with Crippen molar-refractivity contribution in [3.05, 3.63) is 11.6 Å². The summed E-state index contributed by atoms with van der Waals surface area (Å²) in [5.74, 6) is 2.03. The number of fused-ring (bicyclic) bond motifs is 5. The van der Waals surface area contributed by atoms with Gasteiger partial charge >= 0.3 is 5.97 Å². The standard InChI is InChI=1S/C21H32O3/c1-13(22)24-15-8-10-20(2)14(12-15)4-5-16-17-6-7-19(23)21(17,3)11-9-18(16)20/h4,15-19,23H,5-12H2,1-3H3/t15-,16-,17-,18-,19-,20+,21-/m0/s1. The topological polar surface area (TPSA) is 46.5 Å². The van der Waals surface area contributed by atoms with E-state index in [0.717, 1.165) is 43.9 Å². The van der Waals surface area contributed by atoms with E-state index < -0.39 is 0 Å². The summed E-state index contributed by atoms with van der Waals surface area (Å²) in [5.41, 5.74) is 1.98. The Hall–Kier alpha value is -0.830. The number of carbonyl (C=O) groups is 1. The Balaban J connectivity index is 1.59. The van der Waals surface area contributed by atoms with Gasteiger partial charge in [0.05, 0.1) is 6.10 Å². The molecule has 4 rings (SSSR count). The van der Waals surface area contributed by atoms with E-state index in [1.165, 1.54) is 26.2 Å². The first-order chi connectivity index (χ1) is 11.3. The van der Waals surface area contributed by atoms with E-state index in [1.54, 1.807) is 5.57 Å². The molecule has 0 spiro atoms. The molecular weight excluding hydrogens is 300 g/mol. The lowest BCUT2D eigenvalue weighted by atomic mass is 9.48. The van der Waals surface area contributed by atoms with Gasteiger partial charge in [0.2, 0.25) is 0 Å². The van der Waals surface area contributed by atoms with E-state index >= 15 is 0 Å². The number of aliphatic hydroxyl groups excluding tert-OH is 1. The molecule has 1 N–H and O–H groups in total. The van der Waals surface area contributed by atoms with Gasteiger partial charge in [-0.3, -0.25) is 4.79 Å². The summed E-state index contributed by atoms with van der Waals surface area (Å²) < 4.78 is 5.51. The Labute approximate surface area is 145 Å². The fraction of sp³-hybridized carbons (Fsp3) is 0.857. The molecule has 24 heavy (non-hydrogen) atoms. The smallest absolute Gasteiger partial charge is 0.302 e. The molecule has 0 unspecified atom stereocenters. The predicted molar refractivity (Wildman–Crippen MR) is 93.3 cm³/mol. The maximum absolute atomic E-state index is 11.3. The average Bonchev–Trinajstić information content (AvgIpc) is 2.83. The van der Waals surface area contributed by atoms with Crippen molar-refractivity contribution in [2.75, 3.05) is 0 Å². The molecule has 3 heteroatoms. The van der Waals surface area contributed by atoms with Gasteiger partial charge in [-0.05, 0) is 73.5 Å². The monoisotopic (exact) mass is 332 g/mol. The van der Waals surface area contributed by atoms with Crippen molar-refractivity contribution in [1.82, 2.24) is 0 Å². The Morgan fingerprint density at radius 3 is 2.71 bits per heavy atom. The Morgan fingerprint density at radius 2 is 1.96 bits per heavy atom. The van der Waals surface area contributed by atoms with E-state index in [4.69, 9.17) is 4.74 Å². The SMILES string of the molecule is CC(=O)O[C@H]1CC[C@]2(C)C(=CC[C@H]3[C@@H]4CC[C@H](O)[C@@]4(C)CC[C@@H]32)C1. The number of carbonyl (C=O) groups excluding carboxylic acids is 1. The minimum absolute atomic E-state index is 0.0838. The first kappa shape index (κ1) is 16.6. The molecule has 134 valence electrons. The van der Waals surface area contributed by atoms with Crippen LogP contribution in [0.15, 0.2) is 11.6 Å². The number of rotatable bonds is 1. The number of esters is 1. The van der Waals surface area contributed by atoms with Crippen molar-refractivity contribution >= 4 is 5.97 Å². The van der Waals surface area contributed by atoms with Gasteiger partial charge in [-0.1, -0.05) is 25.5 Å². The molecule has 0 aromatic rings. The van der Waals surface area contributed by atoms with Crippen LogP contribution in [0.2, 0.25) is 0 Å². The van der Waals surface area contributed by atoms with Gasteiger partial charge in [-0.25, -0.2) is 0 Å². The minimum atomic E-state index is -0.147. The molecule has 4 aliphatic carbocycles. The van der Waals surface area contributed by atoms with Gasteiger partial charge in [-0.2, -0.15) is 0 Å². The highest BCUT2D eigenvalue weighted by Crippen LogP contribution is 2.64. The highest BCUT2D eigenvalue weighted by Gasteiger charge is 2.58. The first-order valence-electron chi connectivity index (χ1n) is 9.89. The highest BCUT2D eigenvalue weighted by molar-refractivity contribution is 5.66. The van der Waals surface area contributed by atoms with Gasteiger partial charge in [-0.15, -0.1) is 0 Å². The van der Waals surface area contributed by atoms with Crippen molar-refractivity contribution in [3.63, 3.8) is 0 Å². The third-order valence-corrected chi connectivity index (χ3v) is 8.34. The summed E-state index contributed by atoms with van der Waals surface area (Å²) in [6, 6.07) is 0. The van der Waals surface area contributed by atoms with E-state index in [2.05, 4.69) is 19.9 Å². The van der Waals surface area contributed by atoms with Crippen LogP contribution < -0.4 is 0 Å². The van der Waals surface area contributed by atoms with E-state index in [-0.39, 0.29) is 29.0 Å². The third-order valence-electron chi connectivity index (χ3n) is 8.34. The summed E-state index contributed by atoms with van der Waals surface area (Å²) in [6.45, 7) is 6.32. The molecular formula is C21H32O3. The molecule has 3 saturated carbocycles. The summed E-state index contributed by atoms with van der Waals surface area (Å²) in [4.78, 5) is 11.3. The maximum Gasteiger partial charge on any atom is 0.302 e. The highest BCUT2D eigenvalue weighted by atomic mass is 16.5. The fourth-order valence-corrected chi connectivity index (χ4v) is 6.94. The largest absolute Gasteiger partial charge is 0.462 e. The van der Waals surface area contributed by atoms with E-state index in [9.17, 15) is 9.90 Å². The number of hydrogen-bond donors (Lipinski definition) is 1. The lowest BCUT2D eigenvalue weighted by molar-refractivity contribution is -0.148. The zero-order valence-electron chi connectivity index (χ0n) is 15.4. The van der Waals surface area contributed by atoms with Crippen molar-refractivity contribution in [3.8, 4) is 0 Å². The van der Waals surface area contributed by atoms with Crippen LogP contribution in [-0.2, 0) is 9.53 Å². The Bertz CT molecular complexity index is 567. The lowest BCUT2D eigenvalue weighted by Gasteiger charge is -2.57. The second kappa shape index (κ2) is 5.59. The van der Waals surface area contributed by atoms with Crippen LogP contribution in [0.25, 0.3) is 0 Å². The maximum atomic E-state index is 11.3. The second-order valence-electron chi connectivity index (χ2n) is 9.37. The van der Waals surface area contributed by atoms with Crippen LogP contribution >= 0.6 is 0 Å². The van der Waals surface area contributed by atoms with Crippen LogP contribution in [0.3, 0.4) is 0 Å². The molecule has 4 aliphatic rings. The van der Waals surface area contributed by atoms with Gasteiger partial charge in [0.1, 0.15) is 6.10 Å². The first-order valence-corrected chi connectivity index (χ1v) is 9.89. The summed E-state index contributed by atoms with van der Waals surface area (Å²) in [5, 5.41) is 10.5. The number of ether oxygens (including phenoxy) is 1. The molecule has 0 amide bonds. The Kier molecular flexibility index (Phi) is 3.87. The van der Waals surface area contributed by atoms with Crippen molar-refractivity contribution < 1.29 is 14.6 Å². The molecule has 0 aromatic heterocycles. The average molecular weight is 332 g/mol. The fourth-order valence-electron chi connectivity index (χ4n) is 6.94. The second-order valence-corrected chi connectivity index (χ2v) is 9.37. The van der Waals surface area contributed by atoms with Crippen molar-refractivity contribution in [2.24, 2.45) is 28.6 Å². The molecule has 0 heterocycles. The Morgan fingerprint density at radius 1 is 1.17 bits per heavy atom. The minimum Gasteiger partial charge on any atom is -0.462 e. The van der Waals surface area contributed by atoms with Crippen LogP contribution in [-0.4, -0.2) is 23.3 Å². The van der Waals surface area contributed by atoms with Crippen LogP contribution in [0, 0.1) is 28.6 Å². The van der Waals surface area contributed by atoms with Crippen molar-refractivity contribution in [2.45, 2.75) is 84.3 Å². The predicted octanol–water partition coefficient (Wildman–Crippen LogP) is 4.24. The normalized spacial score (nSPS) is 50.3. The van der Waals surface area contributed by atoms with E-state index in [0.29, 0.717) is 5.92 Å². The number of hydrogen-bond acceptors (Lipinski definition) is 3. The van der Waals surface area contributed by atoms with E-state index in [1.807, 2.05) is 0 Å². The zero-order chi connectivity index (χ0) is 17.1.